The second kappa shape index (κ2) is 2.69. The minimum atomic E-state index is 0.340. The summed E-state index contributed by atoms with van der Waals surface area (Å²) in [7, 11) is 0. The highest BCUT2D eigenvalue weighted by Gasteiger charge is 2.58. The fourth-order valence-electron chi connectivity index (χ4n) is 2.68. The van der Waals surface area contributed by atoms with Crippen LogP contribution in [-0.2, 0) is 4.79 Å². The van der Waals surface area contributed by atoms with Crippen molar-refractivity contribution < 1.29 is 4.79 Å². The Hall–Kier alpha value is -0.610. The molecule has 2 N–H and O–H groups in total. The average Bonchev–Trinajstić information content (AvgIpc) is 2.68. The molecule has 1 unspecified atom stereocenters. The van der Waals surface area contributed by atoms with Gasteiger partial charge < -0.3 is 5.32 Å². The van der Waals surface area contributed by atoms with Crippen LogP contribution in [0.15, 0.2) is 0 Å². The summed E-state index contributed by atoms with van der Waals surface area (Å²) in [5.74, 6) is 1.98. The first-order valence-electron chi connectivity index (χ1n) is 5.13. The van der Waals surface area contributed by atoms with E-state index < -0.39 is 0 Å². The number of hydrogen-bond donors (Lipinski definition) is 2. The van der Waals surface area contributed by atoms with E-state index in [1.165, 1.54) is 0 Å². The van der Waals surface area contributed by atoms with E-state index >= 15 is 0 Å². The van der Waals surface area contributed by atoms with Crippen molar-refractivity contribution in [3.8, 4) is 0 Å². The number of nitrogens with one attached hydrogen (secondary N) is 2. The molecular weight excluding hydrogens is 166 g/mol. The van der Waals surface area contributed by atoms with Gasteiger partial charge in [-0.25, -0.2) is 5.43 Å². The Morgan fingerprint density at radius 1 is 1.31 bits per heavy atom. The van der Waals surface area contributed by atoms with Gasteiger partial charge in [0, 0.05) is 19.0 Å². The fraction of sp³-hybridized carbons (Fsp3) is 0.889. The van der Waals surface area contributed by atoms with Gasteiger partial charge in [-0.3, -0.25) is 9.80 Å². The maximum Gasteiger partial charge on any atom is 0.240 e. The maximum absolute atomic E-state index is 11.9. The summed E-state index contributed by atoms with van der Waals surface area (Å²) in [5, 5.41) is 5.13. The summed E-state index contributed by atoms with van der Waals surface area (Å²) in [4.78, 5) is 11.9. The third-order valence-electron chi connectivity index (χ3n) is 3.50. The molecule has 72 valence electrons. The number of carbonyl (C=O) groups is 1. The molecule has 1 saturated carbocycles. The lowest BCUT2D eigenvalue weighted by atomic mass is 10.2. The van der Waals surface area contributed by atoms with Crippen molar-refractivity contribution in [3.63, 3.8) is 0 Å². The third kappa shape index (κ3) is 1.09. The summed E-state index contributed by atoms with van der Waals surface area (Å²) in [6.45, 7) is 3.97. The van der Waals surface area contributed by atoms with E-state index in [1.54, 1.807) is 0 Å². The molecule has 0 bridgehead atoms. The zero-order valence-corrected chi connectivity index (χ0v) is 7.62. The zero-order valence-electron chi connectivity index (χ0n) is 7.62. The molecule has 2 heterocycles. The van der Waals surface area contributed by atoms with E-state index in [2.05, 4.69) is 10.7 Å². The number of hydrazine groups is 1. The van der Waals surface area contributed by atoms with E-state index in [-0.39, 0.29) is 0 Å². The Kier molecular flexibility index (Phi) is 1.60. The minimum absolute atomic E-state index is 0.340. The van der Waals surface area contributed by atoms with Gasteiger partial charge in [-0.05, 0) is 31.3 Å². The molecule has 3 rings (SSSR count). The normalized spacial score (nSPS) is 42.2. The Morgan fingerprint density at radius 2 is 2.08 bits per heavy atom. The second-order valence-electron chi connectivity index (χ2n) is 4.26. The van der Waals surface area contributed by atoms with E-state index in [0.29, 0.717) is 23.7 Å². The molecule has 2 aliphatic heterocycles. The molecule has 0 aromatic carbocycles. The zero-order chi connectivity index (χ0) is 8.84. The van der Waals surface area contributed by atoms with Crippen LogP contribution < -0.4 is 10.7 Å². The smallest absolute Gasteiger partial charge is 0.240 e. The Morgan fingerprint density at radius 3 is 2.69 bits per heavy atom. The summed E-state index contributed by atoms with van der Waals surface area (Å²) in [5.41, 5.74) is 3.13. The highest BCUT2D eigenvalue weighted by molar-refractivity contribution is 5.82. The van der Waals surface area contributed by atoms with Crippen LogP contribution in [0.25, 0.3) is 0 Å². The molecule has 0 radical (unpaired) electrons. The number of nitrogens with zero attached hydrogens (tertiary/aromatic N) is 1. The fourth-order valence-corrected chi connectivity index (χ4v) is 2.68. The summed E-state index contributed by atoms with van der Waals surface area (Å²) < 4.78 is 0. The van der Waals surface area contributed by atoms with Gasteiger partial charge in [0.25, 0.3) is 0 Å². The van der Waals surface area contributed by atoms with Crippen LogP contribution in [0, 0.1) is 17.8 Å². The molecule has 4 heteroatoms. The topological polar surface area (TPSA) is 44.4 Å². The van der Waals surface area contributed by atoms with Gasteiger partial charge in [0.05, 0.1) is 0 Å². The Balaban J connectivity index is 1.63. The first-order chi connectivity index (χ1) is 6.38. The second-order valence-corrected chi connectivity index (χ2v) is 4.26. The summed E-state index contributed by atoms with van der Waals surface area (Å²) in [6, 6.07) is 0. The summed E-state index contributed by atoms with van der Waals surface area (Å²) in [6.07, 6.45) is 1.10. The molecule has 0 aromatic heterocycles. The molecule has 0 spiro atoms. The highest BCUT2D eigenvalue weighted by atomic mass is 16.2. The van der Waals surface area contributed by atoms with Crippen molar-refractivity contribution in [2.45, 2.75) is 6.42 Å². The van der Waals surface area contributed by atoms with Crippen molar-refractivity contribution in [2.24, 2.45) is 17.8 Å². The molecule has 2 saturated heterocycles. The van der Waals surface area contributed by atoms with Crippen LogP contribution in [0.5, 0.6) is 0 Å². The molecule has 13 heavy (non-hydrogen) atoms. The number of rotatable bonds is 1. The Bertz CT molecular complexity index is 227. The molecule has 1 aliphatic carbocycles. The first-order valence-corrected chi connectivity index (χ1v) is 5.13. The number of fused-ring (bicyclic) bond motifs is 1. The van der Waals surface area contributed by atoms with E-state index in [1.807, 2.05) is 5.01 Å². The lowest BCUT2D eigenvalue weighted by Crippen LogP contribution is -2.39. The SMILES string of the molecule is O=C(C1[C@H]2CNC[C@@H]12)N1CCCN1. The highest BCUT2D eigenvalue weighted by Crippen LogP contribution is 2.49. The van der Waals surface area contributed by atoms with Gasteiger partial charge in [-0.2, -0.15) is 0 Å². The third-order valence-corrected chi connectivity index (χ3v) is 3.50. The monoisotopic (exact) mass is 181 g/mol. The molecule has 3 aliphatic rings. The molecule has 1 amide bonds. The van der Waals surface area contributed by atoms with Gasteiger partial charge in [0.1, 0.15) is 0 Å². The number of carbonyl (C=O) groups excluding carboxylic acids is 1. The van der Waals surface area contributed by atoms with Gasteiger partial charge in [-0.15, -0.1) is 0 Å². The largest absolute Gasteiger partial charge is 0.316 e. The first kappa shape index (κ1) is 7.76. The van der Waals surface area contributed by atoms with Crippen LogP contribution >= 0.6 is 0 Å². The predicted octanol–water partition coefficient (Wildman–Crippen LogP) is -0.811. The van der Waals surface area contributed by atoms with Crippen molar-refractivity contribution in [2.75, 3.05) is 26.2 Å². The Labute approximate surface area is 77.6 Å². The quantitative estimate of drug-likeness (QED) is 0.556. The number of piperidine rings is 1. The van der Waals surface area contributed by atoms with E-state index in [0.717, 1.165) is 32.6 Å². The lowest BCUT2D eigenvalue weighted by Gasteiger charge is -2.16. The minimum Gasteiger partial charge on any atom is -0.316 e. The van der Waals surface area contributed by atoms with Crippen molar-refractivity contribution in [3.05, 3.63) is 0 Å². The van der Waals surface area contributed by atoms with Gasteiger partial charge >= 0.3 is 0 Å². The molecule has 0 aromatic rings. The number of amides is 1. The standard InChI is InChI=1S/C9H15N3O/c13-9(12-3-1-2-11-12)8-6-4-10-5-7(6)8/h6-8,10-11H,1-5H2/t6-,7+,8?. The molecule has 3 atom stereocenters. The molecule has 3 fully saturated rings. The van der Waals surface area contributed by atoms with Crippen LogP contribution in [0.1, 0.15) is 6.42 Å². The van der Waals surface area contributed by atoms with Crippen LogP contribution in [0.4, 0.5) is 0 Å². The van der Waals surface area contributed by atoms with Gasteiger partial charge in [-0.1, -0.05) is 0 Å². The van der Waals surface area contributed by atoms with Gasteiger partial charge in [0.2, 0.25) is 5.91 Å². The number of hydrogen-bond acceptors (Lipinski definition) is 3. The van der Waals surface area contributed by atoms with Crippen LogP contribution in [0.2, 0.25) is 0 Å². The van der Waals surface area contributed by atoms with Crippen molar-refractivity contribution in [1.82, 2.24) is 15.8 Å². The average molecular weight is 181 g/mol. The van der Waals surface area contributed by atoms with Crippen LogP contribution in [0.3, 0.4) is 0 Å². The van der Waals surface area contributed by atoms with Crippen LogP contribution in [-0.4, -0.2) is 37.1 Å². The van der Waals surface area contributed by atoms with Crippen molar-refractivity contribution in [1.29, 1.82) is 0 Å². The molecular formula is C9H15N3O. The molecule has 4 nitrogen and oxygen atoms in total. The van der Waals surface area contributed by atoms with Crippen molar-refractivity contribution >= 4 is 5.91 Å². The van der Waals surface area contributed by atoms with E-state index in [4.69, 9.17) is 0 Å². The maximum atomic E-state index is 11.9. The summed E-state index contributed by atoms with van der Waals surface area (Å²) >= 11 is 0. The predicted molar refractivity (Wildman–Crippen MR) is 47.7 cm³/mol. The van der Waals surface area contributed by atoms with Gasteiger partial charge in [0.15, 0.2) is 0 Å². The van der Waals surface area contributed by atoms with E-state index in [9.17, 15) is 4.79 Å². The lowest BCUT2D eigenvalue weighted by molar-refractivity contribution is -0.134.